The van der Waals surface area contributed by atoms with E-state index in [1.54, 1.807) is 6.07 Å². The first-order chi connectivity index (χ1) is 16.4. The van der Waals surface area contributed by atoms with Crippen molar-refractivity contribution in [1.82, 2.24) is 0 Å². The number of unbranched alkanes of at least 4 members (excludes halogenated alkanes) is 3. The molecule has 0 aliphatic heterocycles. The van der Waals surface area contributed by atoms with Gasteiger partial charge in [0, 0.05) is 31.8 Å². The molecule has 6 nitrogen and oxygen atoms in total. The summed E-state index contributed by atoms with van der Waals surface area (Å²) in [7, 11) is 5.48. The number of nitro groups is 1. The minimum Gasteiger partial charge on any atom is -0.494 e. The molecule has 0 saturated heterocycles. The van der Waals surface area contributed by atoms with E-state index in [4.69, 9.17) is 9.47 Å². The van der Waals surface area contributed by atoms with E-state index < -0.39 is 4.92 Å². The van der Waals surface area contributed by atoms with E-state index in [1.165, 1.54) is 32.4 Å². The number of nitro benzene ring substituents is 1. The van der Waals surface area contributed by atoms with E-state index in [2.05, 4.69) is 48.2 Å². The third-order valence-corrected chi connectivity index (χ3v) is 5.96. The Morgan fingerprint density at radius 2 is 1.50 bits per heavy atom. The number of methoxy groups -OCH3 is 1. The molecule has 180 valence electrons. The molecule has 0 saturated carbocycles. The number of hydrogen-bond donors (Lipinski definition) is 0. The number of hydrogen-bond acceptors (Lipinski definition) is 5. The average molecular weight is 463 g/mol. The molecule has 3 aromatic rings. The van der Waals surface area contributed by atoms with Gasteiger partial charge in [-0.05, 0) is 53.4 Å². The molecule has 0 bridgehead atoms. The van der Waals surface area contributed by atoms with Gasteiger partial charge in [-0.2, -0.15) is 0 Å². The van der Waals surface area contributed by atoms with Crippen LogP contribution in [0.1, 0.15) is 55.2 Å². The Balaban J connectivity index is 1.93. The maximum atomic E-state index is 11.4. The lowest BCUT2D eigenvalue weighted by molar-refractivity contribution is -0.385. The molecule has 34 heavy (non-hydrogen) atoms. The Kier molecular flexibility index (Phi) is 8.91. The molecule has 0 heterocycles. The highest BCUT2D eigenvalue weighted by Gasteiger charge is 2.22. The van der Waals surface area contributed by atoms with Crippen molar-refractivity contribution in [2.75, 3.05) is 32.7 Å². The summed E-state index contributed by atoms with van der Waals surface area (Å²) in [5.41, 5.74) is 4.16. The quantitative estimate of drug-likeness (QED) is 0.128. The Labute approximate surface area is 202 Å². The van der Waals surface area contributed by atoms with Crippen LogP contribution in [0, 0.1) is 10.1 Å². The van der Waals surface area contributed by atoms with Crippen LogP contribution < -0.4 is 14.4 Å². The fourth-order valence-corrected chi connectivity index (χ4v) is 4.04. The average Bonchev–Trinajstić information content (AvgIpc) is 2.85. The zero-order valence-corrected chi connectivity index (χ0v) is 20.5. The SMILES string of the molecule is CCCCCCOc1ccc(C(c2ccc(N(C)C)cc2)c2ccc([N+](=O)[O-])c(OC)c2)cc1. The van der Waals surface area contributed by atoms with Crippen LogP contribution in [0.5, 0.6) is 11.5 Å². The summed E-state index contributed by atoms with van der Waals surface area (Å²) in [6, 6.07) is 21.6. The standard InChI is InChI=1S/C28H34N2O4/c1-5-6-7-8-19-34-25-16-11-22(12-17-25)28(21-9-14-24(15-10-21)29(2)3)23-13-18-26(30(31)32)27(20-23)33-4/h9-18,20,28H,5-8,19H2,1-4H3. The second-order valence-electron chi connectivity index (χ2n) is 8.59. The van der Waals surface area contributed by atoms with Crippen molar-refractivity contribution in [2.45, 2.75) is 38.5 Å². The summed E-state index contributed by atoms with van der Waals surface area (Å²) in [5.74, 6) is 0.997. The normalized spacial score (nSPS) is 11.6. The predicted molar refractivity (Wildman–Crippen MR) is 137 cm³/mol. The van der Waals surface area contributed by atoms with Gasteiger partial charge >= 0.3 is 5.69 Å². The molecule has 6 heteroatoms. The van der Waals surface area contributed by atoms with E-state index in [0.717, 1.165) is 34.5 Å². The van der Waals surface area contributed by atoms with E-state index in [-0.39, 0.29) is 17.4 Å². The summed E-state index contributed by atoms with van der Waals surface area (Å²) >= 11 is 0. The van der Waals surface area contributed by atoms with Crippen LogP contribution in [-0.4, -0.2) is 32.7 Å². The van der Waals surface area contributed by atoms with Crippen LogP contribution in [-0.2, 0) is 0 Å². The zero-order chi connectivity index (χ0) is 24.5. The molecule has 0 aliphatic rings. The Morgan fingerprint density at radius 3 is 2.06 bits per heavy atom. The van der Waals surface area contributed by atoms with Crippen molar-refractivity contribution in [2.24, 2.45) is 0 Å². The third kappa shape index (κ3) is 6.28. The van der Waals surface area contributed by atoms with Gasteiger partial charge in [0.05, 0.1) is 18.6 Å². The van der Waals surface area contributed by atoms with Gasteiger partial charge in [-0.3, -0.25) is 10.1 Å². The summed E-state index contributed by atoms with van der Waals surface area (Å²) in [5, 5.41) is 11.4. The molecule has 1 unspecified atom stereocenters. The third-order valence-electron chi connectivity index (χ3n) is 5.96. The second kappa shape index (κ2) is 12.1. The van der Waals surface area contributed by atoms with Crippen LogP contribution in [0.4, 0.5) is 11.4 Å². The van der Waals surface area contributed by atoms with Gasteiger partial charge in [-0.25, -0.2) is 0 Å². The van der Waals surface area contributed by atoms with Crippen molar-refractivity contribution >= 4 is 11.4 Å². The van der Waals surface area contributed by atoms with Crippen molar-refractivity contribution in [3.8, 4) is 11.5 Å². The lowest BCUT2D eigenvalue weighted by Crippen LogP contribution is -2.09. The molecule has 0 amide bonds. The highest BCUT2D eigenvalue weighted by molar-refractivity contribution is 5.55. The molecule has 0 fully saturated rings. The Bertz CT molecular complexity index is 1060. The minimum atomic E-state index is -0.420. The zero-order valence-electron chi connectivity index (χ0n) is 20.5. The number of rotatable bonds is 12. The summed E-state index contributed by atoms with van der Waals surface area (Å²) in [4.78, 5) is 13.0. The van der Waals surface area contributed by atoms with Gasteiger partial charge in [-0.15, -0.1) is 0 Å². The highest BCUT2D eigenvalue weighted by Crippen LogP contribution is 2.38. The Morgan fingerprint density at radius 1 is 0.882 bits per heavy atom. The molecule has 3 rings (SSSR count). The predicted octanol–water partition coefficient (Wildman–Crippen LogP) is 6.81. The van der Waals surface area contributed by atoms with Gasteiger partial charge in [0.25, 0.3) is 0 Å². The number of benzene rings is 3. The van der Waals surface area contributed by atoms with Gasteiger partial charge in [0.15, 0.2) is 5.75 Å². The van der Waals surface area contributed by atoms with Crippen molar-refractivity contribution in [3.05, 3.63) is 93.5 Å². The molecule has 0 aromatic heterocycles. The molecule has 0 N–H and O–H groups in total. The van der Waals surface area contributed by atoms with Crippen molar-refractivity contribution in [1.29, 1.82) is 0 Å². The smallest absolute Gasteiger partial charge is 0.310 e. The lowest BCUT2D eigenvalue weighted by atomic mass is 9.85. The van der Waals surface area contributed by atoms with Gasteiger partial charge in [-0.1, -0.05) is 56.5 Å². The fourth-order valence-electron chi connectivity index (χ4n) is 4.04. The maximum absolute atomic E-state index is 11.4. The second-order valence-corrected chi connectivity index (χ2v) is 8.59. The fraction of sp³-hybridized carbons (Fsp3) is 0.357. The molecular weight excluding hydrogens is 428 g/mol. The Hall–Kier alpha value is -3.54. The first-order valence-corrected chi connectivity index (χ1v) is 11.8. The van der Waals surface area contributed by atoms with Crippen molar-refractivity contribution < 1.29 is 14.4 Å². The van der Waals surface area contributed by atoms with E-state index in [1.807, 2.05) is 32.3 Å². The van der Waals surface area contributed by atoms with Crippen LogP contribution in [0.15, 0.2) is 66.7 Å². The first kappa shape index (κ1) is 25.1. The number of nitrogens with zero attached hydrogens (tertiary/aromatic N) is 2. The number of ether oxygens (including phenoxy) is 2. The first-order valence-electron chi connectivity index (χ1n) is 11.8. The van der Waals surface area contributed by atoms with E-state index >= 15 is 0 Å². The summed E-state index contributed by atoms with van der Waals surface area (Å²) in [6.07, 6.45) is 4.68. The maximum Gasteiger partial charge on any atom is 0.310 e. The van der Waals surface area contributed by atoms with Crippen LogP contribution >= 0.6 is 0 Å². The monoisotopic (exact) mass is 462 g/mol. The van der Waals surface area contributed by atoms with Crippen LogP contribution in [0.2, 0.25) is 0 Å². The minimum absolute atomic E-state index is 0.0419. The summed E-state index contributed by atoms with van der Waals surface area (Å²) in [6.45, 7) is 2.92. The van der Waals surface area contributed by atoms with Gasteiger partial charge in [0.2, 0.25) is 0 Å². The highest BCUT2D eigenvalue weighted by atomic mass is 16.6. The van der Waals surface area contributed by atoms with E-state index in [0.29, 0.717) is 6.61 Å². The van der Waals surface area contributed by atoms with Crippen LogP contribution in [0.25, 0.3) is 0 Å². The molecular formula is C28H34N2O4. The van der Waals surface area contributed by atoms with Gasteiger partial charge < -0.3 is 14.4 Å². The summed E-state index contributed by atoms with van der Waals surface area (Å²) < 4.78 is 11.3. The lowest BCUT2D eigenvalue weighted by Gasteiger charge is -2.21. The largest absolute Gasteiger partial charge is 0.494 e. The van der Waals surface area contributed by atoms with Crippen LogP contribution in [0.3, 0.4) is 0 Å². The van der Waals surface area contributed by atoms with Gasteiger partial charge in [0.1, 0.15) is 5.75 Å². The molecule has 3 aromatic carbocycles. The molecule has 0 radical (unpaired) electrons. The number of anilines is 1. The van der Waals surface area contributed by atoms with Crippen molar-refractivity contribution in [3.63, 3.8) is 0 Å². The molecule has 0 spiro atoms. The molecule has 1 atom stereocenters. The van der Waals surface area contributed by atoms with E-state index in [9.17, 15) is 10.1 Å². The topological polar surface area (TPSA) is 64.8 Å². The molecule has 0 aliphatic carbocycles.